The molecular weight excluding hydrogens is 540 g/mol. The van der Waals surface area contributed by atoms with Gasteiger partial charge in [0.15, 0.2) is 0 Å². The number of halogens is 6. The fourth-order valence-corrected chi connectivity index (χ4v) is 5.13. The Labute approximate surface area is 226 Å². The van der Waals surface area contributed by atoms with Crippen LogP contribution in [0.25, 0.3) is 5.57 Å². The number of allylic oxidation sites excluding steroid dienone is 3. The van der Waals surface area contributed by atoms with Gasteiger partial charge in [0.25, 0.3) is 0 Å². The van der Waals surface area contributed by atoms with Gasteiger partial charge in [0.05, 0.1) is 36.5 Å². The molecule has 6 nitrogen and oxygen atoms in total. The van der Waals surface area contributed by atoms with E-state index in [0.29, 0.717) is 29.4 Å². The second-order valence-corrected chi connectivity index (χ2v) is 9.98. The van der Waals surface area contributed by atoms with Crippen molar-refractivity contribution in [2.75, 3.05) is 25.1 Å². The average molecular weight is 568 g/mol. The summed E-state index contributed by atoms with van der Waals surface area (Å²) in [5, 5.41) is 0. The number of benzene rings is 1. The fraction of sp³-hybridized carbons (Fsp3) is 0.429. The molecule has 1 aromatic heterocycles. The van der Waals surface area contributed by atoms with Crippen molar-refractivity contribution in [1.29, 1.82) is 0 Å². The Kier molecular flexibility index (Phi) is 7.22. The van der Waals surface area contributed by atoms with Gasteiger partial charge in [-0.2, -0.15) is 26.3 Å². The second kappa shape index (κ2) is 10.4. The lowest BCUT2D eigenvalue weighted by Gasteiger charge is -2.33. The quantitative estimate of drug-likeness (QED) is 0.348. The van der Waals surface area contributed by atoms with Crippen LogP contribution in [-0.2, 0) is 28.4 Å². The third-order valence-corrected chi connectivity index (χ3v) is 7.41. The third kappa shape index (κ3) is 5.35. The first-order valence-electron chi connectivity index (χ1n) is 12.8. The first-order chi connectivity index (χ1) is 18.9. The topological polar surface area (TPSA) is 54.9 Å². The molecule has 2 atom stereocenters. The summed E-state index contributed by atoms with van der Waals surface area (Å²) in [5.41, 5.74) is -1.27. The van der Waals surface area contributed by atoms with E-state index in [0.717, 1.165) is 43.5 Å². The molecule has 2 aliphatic heterocycles. The first-order valence-corrected chi connectivity index (χ1v) is 12.8. The number of rotatable bonds is 6. The maximum Gasteiger partial charge on any atom is 0.416 e. The average Bonchev–Trinajstić information content (AvgIpc) is 3.15. The molecule has 3 aliphatic rings. The SMILES string of the molecule is COC1=CCCC=C1c1ccc(N2CCC2)nc1CN1C(=O)O[C@H](c2cc(C(F)(F)F)cc(C(F)(F)F)c2)[C@@H]1C. The Morgan fingerprint density at radius 2 is 1.65 bits per heavy atom. The third-order valence-electron chi connectivity index (χ3n) is 7.41. The van der Waals surface area contributed by atoms with Gasteiger partial charge < -0.3 is 14.4 Å². The Hall–Kier alpha value is -3.70. The fourth-order valence-electron chi connectivity index (χ4n) is 5.13. The number of carbonyl (C=O) groups excluding carboxylic acids is 1. The molecular formula is C28H27F6N3O3. The minimum absolute atomic E-state index is 0.0546. The predicted octanol–water partition coefficient (Wildman–Crippen LogP) is 7.12. The molecule has 1 amide bonds. The molecule has 0 unspecified atom stereocenters. The van der Waals surface area contributed by atoms with Crippen LogP contribution in [0.2, 0.25) is 0 Å². The number of nitrogens with zero attached hydrogens (tertiary/aromatic N) is 3. The number of alkyl halides is 6. The zero-order chi connectivity index (χ0) is 28.8. The number of carbonyl (C=O) groups is 1. The standard InChI is InChI=1S/C28H27F6N3O3/c1-16-25(17-12-18(27(29,30)31)14-19(13-17)28(32,33)34)40-26(38)37(16)15-22-20(21-6-3-4-7-23(21)39-2)8-9-24(35-22)36-10-5-11-36/h6-9,12-14,16,25H,3-5,10-11,15H2,1-2H3/t16-,25-/m0/s1. The monoisotopic (exact) mass is 567 g/mol. The van der Waals surface area contributed by atoms with E-state index in [2.05, 4.69) is 4.90 Å². The molecule has 12 heteroatoms. The van der Waals surface area contributed by atoms with Gasteiger partial charge in [-0.25, -0.2) is 9.78 Å². The van der Waals surface area contributed by atoms with Crippen LogP contribution in [-0.4, -0.2) is 42.2 Å². The number of pyridine rings is 1. The van der Waals surface area contributed by atoms with Crippen molar-refractivity contribution >= 4 is 17.5 Å². The minimum Gasteiger partial charge on any atom is -0.496 e. The molecule has 0 saturated carbocycles. The molecule has 0 N–H and O–H groups in total. The van der Waals surface area contributed by atoms with Gasteiger partial charge in [-0.15, -0.1) is 0 Å². The minimum atomic E-state index is -5.02. The van der Waals surface area contributed by atoms with E-state index in [1.165, 1.54) is 11.8 Å². The van der Waals surface area contributed by atoms with E-state index >= 15 is 0 Å². The van der Waals surface area contributed by atoms with Crippen molar-refractivity contribution in [1.82, 2.24) is 9.88 Å². The zero-order valence-corrected chi connectivity index (χ0v) is 21.8. The van der Waals surface area contributed by atoms with Crippen LogP contribution in [0.3, 0.4) is 0 Å². The highest BCUT2D eigenvalue weighted by atomic mass is 19.4. The number of amides is 1. The molecule has 2 fully saturated rings. The molecule has 3 heterocycles. The molecule has 0 spiro atoms. The van der Waals surface area contributed by atoms with Gasteiger partial charge in [-0.05, 0) is 68.2 Å². The van der Waals surface area contributed by atoms with E-state index in [1.54, 1.807) is 7.11 Å². The molecule has 0 bridgehead atoms. The number of hydrogen-bond donors (Lipinski definition) is 0. The lowest BCUT2D eigenvalue weighted by Crippen LogP contribution is -2.38. The van der Waals surface area contributed by atoms with Crippen molar-refractivity contribution in [3.63, 3.8) is 0 Å². The number of hydrogen-bond acceptors (Lipinski definition) is 5. The van der Waals surface area contributed by atoms with E-state index in [-0.39, 0.29) is 18.2 Å². The van der Waals surface area contributed by atoms with Crippen molar-refractivity contribution in [3.05, 3.63) is 76.2 Å². The summed E-state index contributed by atoms with van der Waals surface area (Å²) in [6.45, 7) is 3.13. The molecule has 2 aromatic rings. The largest absolute Gasteiger partial charge is 0.496 e. The Morgan fingerprint density at radius 3 is 2.23 bits per heavy atom. The Bertz CT molecular complexity index is 1330. The van der Waals surface area contributed by atoms with Gasteiger partial charge >= 0.3 is 18.4 Å². The van der Waals surface area contributed by atoms with E-state index in [4.69, 9.17) is 14.5 Å². The lowest BCUT2D eigenvalue weighted by molar-refractivity contribution is -0.143. The van der Waals surface area contributed by atoms with Crippen LogP contribution in [0.5, 0.6) is 0 Å². The smallest absolute Gasteiger partial charge is 0.416 e. The highest BCUT2D eigenvalue weighted by Crippen LogP contribution is 2.41. The molecule has 1 aliphatic carbocycles. The predicted molar refractivity (Wildman–Crippen MR) is 134 cm³/mol. The number of ether oxygens (including phenoxy) is 2. The number of methoxy groups -OCH3 is 1. The van der Waals surface area contributed by atoms with E-state index < -0.39 is 41.7 Å². The number of cyclic esters (lactones) is 1. The number of anilines is 1. The van der Waals surface area contributed by atoms with E-state index in [1.807, 2.05) is 24.3 Å². The Morgan fingerprint density at radius 1 is 1.00 bits per heavy atom. The molecule has 214 valence electrons. The summed E-state index contributed by atoms with van der Waals surface area (Å²) < 4.78 is 91.7. The first kappa shape index (κ1) is 27.9. The zero-order valence-electron chi connectivity index (χ0n) is 21.8. The normalized spacial score (nSPS) is 21.6. The summed E-state index contributed by atoms with van der Waals surface area (Å²) in [6.07, 6.45) is -5.67. The van der Waals surface area contributed by atoms with Crippen molar-refractivity contribution in [2.45, 2.75) is 57.2 Å². The van der Waals surface area contributed by atoms with Gasteiger partial charge in [-0.1, -0.05) is 6.08 Å². The Balaban J connectivity index is 1.50. The lowest BCUT2D eigenvalue weighted by atomic mass is 9.95. The second-order valence-electron chi connectivity index (χ2n) is 9.98. The van der Waals surface area contributed by atoms with Crippen molar-refractivity contribution < 1.29 is 40.6 Å². The highest BCUT2D eigenvalue weighted by Gasteiger charge is 2.43. The summed E-state index contributed by atoms with van der Waals surface area (Å²) in [7, 11) is 1.56. The maximum absolute atomic E-state index is 13.5. The maximum atomic E-state index is 13.5. The summed E-state index contributed by atoms with van der Waals surface area (Å²) in [6, 6.07) is 4.16. The van der Waals surface area contributed by atoms with Crippen LogP contribution in [0, 0.1) is 0 Å². The van der Waals surface area contributed by atoms with Crippen LogP contribution in [0.1, 0.15) is 60.2 Å². The van der Waals surface area contributed by atoms with Crippen molar-refractivity contribution in [3.8, 4) is 0 Å². The van der Waals surface area contributed by atoms with Gasteiger partial charge in [0.2, 0.25) is 0 Å². The van der Waals surface area contributed by atoms with Gasteiger partial charge in [-0.3, -0.25) is 4.90 Å². The molecule has 1 aromatic carbocycles. The molecule has 40 heavy (non-hydrogen) atoms. The number of aromatic nitrogens is 1. The van der Waals surface area contributed by atoms with Crippen LogP contribution in [0.15, 0.2) is 48.2 Å². The molecule has 2 saturated heterocycles. The highest BCUT2D eigenvalue weighted by molar-refractivity contribution is 5.80. The summed E-state index contributed by atoms with van der Waals surface area (Å²) in [4.78, 5) is 21.2. The van der Waals surface area contributed by atoms with Gasteiger partial charge in [0.1, 0.15) is 17.7 Å². The van der Waals surface area contributed by atoms with Crippen molar-refractivity contribution in [2.24, 2.45) is 0 Å². The van der Waals surface area contributed by atoms with E-state index in [9.17, 15) is 31.1 Å². The molecule has 5 rings (SSSR count). The summed E-state index contributed by atoms with van der Waals surface area (Å²) in [5.74, 6) is 1.37. The van der Waals surface area contributed by atoms with Crippen LogP contribution < -0.4 is 4.90 Å². The van der Waals surface area contributed by atoms with Gasteiger partial charge in [0, 0.05) is 24.2 Å². The summed E-state index contributed by atoms with van der Waals surface area (Å²) >= 11 is 0. The molecule has 0 radical (unpaired) electrons. The van der Waals surface area contributed by atoms with Crippen LogP contribution >= 0.6 is 0 Å². The van der Waals surface area contributed by atoms with Crippen LogP contribution in [0.4, 0.5) is 37.0 Å².